The fourth-order valence-electron chi connectivity index (χ4n) is 2.99. The maximum absolute atomic E-state index is 10.5. The Morgan fingerprint density at radius 3 is 2.45 bits per heavy atom. The van der Waals surface area contributed by atoms with Crippen molar-refractivity contribution >= 4 is 29.9 Å². The molecule has 2 aromatic rings. The summed E-state index contributed by atoms with van der Waals surface area (Å²) in [7, 11) is 1.69. The first-order chi connectivity index (χ1) is 15.5. The third kappa shape index (κ3) is 11.6. The van der Waals surface area contributed by atoms with Crippen LogP contribution in [0.4, 0.5) is 0 Å². The molecule has 33 heavy (non-hydrogen) atoms. The summed E-state index contributed by atoms with van der Waals surface area (Å²) in [4.78, 5) is 4.63. The van der Waals surface area contributed by atoms with Crippen LogP contribution in [0.25, 0.3) is 0 Å². The Bertz CT molecular complexity index is 816. The van der Waals surface area contributed by atoms with Crippen LogP contribution in [0.3, 0.4) is 0 Å². The zero-order valence-corrected chi connectivity index (χ0v) is 22.4. The van der Waals surface area contributed by atoms with E-state index in [1.807, 2.05) is 69.3 Å². The molecule has 3 N–H and O–H groups in total. The highest BCUT2D eigenvalue weighted by Crippen LogP contribution is 2.18. The van der Waals surface area contributed by atoms with Crippen LogP contribution in [0.2, 0.25) is 0 Å². The van der Waals surface area contributed by atoms with Crippen LogP contribution in [-0.4, -0.2) is 50.6 Å². The first-order valence-electron chi connectivity index (χ1n) is 11.2. The third-order valence-electron chi connectivity index (χ3n) is 4.52. The second-order valence-electron chi connectivity index (χ2n) is 7.67. The van der Waals surface area contributed by atoms with Gasteiger partial charge in [-0.05, 0) is 56.2 Å². The van der Waals surface area contributed by atoms with Crippen molar-refractivity contribution in [3.05, 3.63) is 59.7 Å². The minimum absolute atomic E-state index is 0. The number of guanidine groups is 1. The number of benzene rings is 2. The molecule has 8 heteroatoms. The van der Waals surface area contributed by atoms with E-state index >= 15 is 0 Å². The normalized spacial score (nSPS) is 12.1. The van der Waals surface area contributed by atoms with Crippen LogP contribution in [0.5, 0.6) is 11.5 Å². The van der Waals surface area contributed by atoms with Crippen molar-refractivity contribution in [2.24, 2.45) is 4.99 Å². The smallest absolute Gasteiger partial charge is 0.191 e. The average molecular weight is 572 g/mol. The van der Waals surface area contributed by atoms with E-state index in [0.29, 0.717) is 32.3 Å². The number of aliphatic imine (C=N–C) groups is 1. The zero-order valence-electron chi connectivity index (χ0n) is 20.0. The second-order valence-corrected chi connectivity index (χ2v) is 7.67. The highest BCUT2D eigenvalue weighted by molar-refractivity contribution is 14.0. The maximum Gasteiger partial charge on any atom is 0.191 e. The van der Waals surface area contributed by atoms with Crippen molar-refractivity contribution < 1.29 is 19.3 Å². The molecule has 0 fully saturated rings. The van der Waals surface area contributed by atoms with Gasteiger partial charge in [-0.15, -0.1) is 24.0 Å². The van der Waals surface area contributed by atoms with Crippen LogP contribution in [0.1, 0.15) is 44.4 Å². The number of aliphatic hydroxyl groups is 1. The van der Waals surface area contributed by atoms with Crippen LogP contribution in [-0.2, 0) is 11.3 Å². The lowest BCUT2D eigenvalue weighted by molar-refractivity contribution is 0.172. The molecule has 0 radical (unpaired) electrons. The van der Waals surface area contributed by atoms with Gasteiger partial charge in [0.05, 0.1) is 25.4 Å². The fraction of sp³-hybridized carbons (Fsp3) is 0.480. The van der Waals surface area contributed by atoms with E-state index in [1.165, 1.54) is 0 Å². The number of halogens is 1. The number of hydrogen-bond acceptors (Lipinski definition) is 5. The summed E-state index contributed by atoms with van der Waals surface area (Å²) in [5.41, 5.74) is 1.87. The molecule has 2 aromatic carbocycles. The second kappa shape index (κ2) is 16.6. The van der Waals surface area contributed by atoms with Gasteiger partial charge >= 0.3 is 0 Å². The number of hydrogen-bond donors (Lipinski definition) is 3. The van der Waals surface area contributed by atoms with Crippen molar-refractivity contribution in [2.75, 3.05) is 33.4 Å². The summed E-state index contributed by atoms with van der Waals surface area (Å²) in [6.45, 7) is 8.86. The van der Waals surface area contributed by atoms with Gasteiger partial charge in [0.1, 0.15) is 11.5 Å². The molecule has 0 amide bonds. The highest BCUT2D eigenvalue weighted by Gasteiger charge is 2.09. The third-order valence-corrected chi connectivity index (χ3v) is 4.52. The number of rotatable bonds is 13. The molecular formula is C25H38IN3O4. The van der Waals surface area contributed by atoms with Crippen molar-refractivity contribution in [1.29, 1.82) is 0 Å². The van der Waals surface area contributed by atoms with E-state index in [-0.39, 0.29) is 30.1 Å². The lowest BCUT2D eigenvalue weighted by Crippen LogP contribution is -2.39. The summed E-state index contributed by atoms with van der Waals surface area (Å²) < 4.78 is 16.5. The van der Waals surface area contributed by atoms with Crippen molar-refractivity contribution in [3.63, 3.8) is 0 Å². The van der Waals surface area contributed by atoms with Crippen LogP contribution >= 0.6 is 24.0 Å². The molecule has 2 rings (SSSR count). The quantitative estimate of drug-likeness (QED) is 0.144. The molecule has 7 nitrogen and oxygen atoms in total. The molecule has 184 valence electrons. The summed E-state index contributed by atoms with van der Waals surface area (Å²) in [5.74, 6) is 2.27. The number of methoxy groups -OCH3 is 1. The first-order valence-corrected chi connectivity index (χ1v) is 11.2. The molecule has 1 unspecified atom stereocenters. The molecule has 0 spiro atoms. The molecule has 0 saturated carbocycles. The van der Waals surface area contributed by atoms with Crippen molar-refractivity contribution in [3.8, 4) is 11.5 Å². The van der Waals surface area contributed by atoms with Crippen LogP contribution < -0.4 is 20.1 Å². The molecule has 0 bridgehead atoms. The minimum Gasteiger partial charge on any atom is -0.493 e. The summed E-state index contributed by atoms with van der Waals surface area (Å²) in [5, 5.41) is 17.0. The molecule has 0 aliphatic carbocycles. The topological polar surface area (TPSA) is 84.3 Å². The molecule has 0 aliphatic rings. The van der Waals surface area contributed by atoms with Crippen LogP contribution in [0.15, 0.2) is 53.5 Å². The SMILES string of the molecule is CCNC(=NCc1cccc(OCCCOC)c1)NCC(O)c1ccc(OC(C)C)cc1.I. The molecule has 0 heterocycles. The molecule has 0 aromatic heterocycles. The Labute approximate surface area is 215 Å². The Morgan fingerprint density at radius 2 is 1.79 bits per heavy atom. The van der Waals surface area contributed by atoms with E-state index in [9.17, 15) is 5.11 Å². The Kier molecular flexibility index (Phi) is 14.5. The minimum atomic E-state index is -0.657. The predicted molar refractivity (Wildman–Crippen MR) is 144 cm³/mol. The number of nitrogens with one attached hydrogen (secondary N) is 2. The number of nitrogens with zero attached hydrogens (tertiary/aromatic N) is 1. The van der Waals surface area contributed by atoms with E-state index in [0.717, 1.165) is 35.6 Å². The lowest BCUT2D eigenvalue weighted by atomic mass is 10.1. The van der Waals surface area contributed by atoms with Gasteiger partial charge in [-0.2, -0.15) is 0 Å². The van der Waals surface area contributed by atoms with Gasteiger partial charge in [0.2, 0.25) is 0 Å². The molecular weight excluding hydrogens is 533 g/mol. The molecule has 0 saturated heterocycles. The first kappa shape index (κ1) is 29.0. The van der Waals surface area contributed by atoms with Gasteiger partial charge in [-0.25, -0.2) is 4.99 Å². The highest BCUT2D eigenvalue weighted by atomic mass is 127. The predicted octanol–water partition coefficient (Wildman–Crippen LogP) is 4.30. The molecule has 0 aliphatic heterocycles. The van der Waals surface area contributed by atoms with E-state index in [1.54, 1.807) is 7.11 Å². The monoisotopic (exact) mass is 571 g/mol. The fourth-order valence-corrected chi connectivity index (χ4v) is 2.99. The summed E-state index contributed by atoms with van der Waals surface area (Å²) >= 11 is 0. The number of ether oxygens (including phenoxy) is 3. The summed E-state index contributed by atoms with van der Waals surface area (Å²) in [6, 6.07) is 15.4. The lowest BCUT2D eigenvalue weighted by Gasteiger charge is -2.16. The van der Waals surface area contributed by atoms with Gasteiger partial charge in [0.25, 0.3) is 0 Å². The van der Waals surface area contributed by atoms with Crippen molar-refractivity contribution in [1.82, 2.24) is 10.6 Å². The van der Waals surface area contributed by atoms with E-state index in [4.69, 9.17) is 14.2 Å². The Balaban J connectivity index is 0.00000544. The summed E-state index contributed by atoms with van der Waals surface area (Å²) in [6.07, 6.45) is 0.313. The van der Waals surface area contributed by atoms with Gasteiger partial charge < -0.3 is 30.0 Å². The average Bonchev–Trinajstić information content (AvgIpc) is 2.79. The Morgan fingerprint density at radius 1 is 1.03 bits per heavy atom. The van der Waals surface area contributed by atoms with Gasteiger partial charge in [0, 0.05) is 33.2 Å². The molecule has 1 atom stereocenters. The van der Waals surface area contributed by atoms with Crippen LogP contribution in [0, 0.1) is 0 Å². The number of aliphatic hydroxyl groups excluding tert-OH is 1. The Hall–Kier alpha value is -2.04. The van der Waals surface area contributed by atoms with E-state index < -0.39 is 6.10 Å². The van der Waals surface area contributed by atoms with Gasteiger partial charge in [0.15, 0.2) is 5.96 Å². The van der Waals surface area contributed by atoms with Gasteiger partial charge in [-0.3, -0.25) is 0 Å². The maximum atomic E-state index is 10.5. The van der Waals surface area contributed by atoms with E-state index in [2.05, 4.69) is 15.6 Å². The standard InChI is InChI=1S/C25H37N3O4.HI/c1-5-26-25(27-17-20-8-6-9-23(16-20)31-15-7-14-30-4)28-18-24(29)21-10-12-22(13-11-21)32-19(2)3;/h6,8-13,16,19,24,29H,5,7,14-15,17-18H2,1-4H3,(H2,26,27,28);1H. The van der Waals surface area contributed by atoms with Crippen molar-refractivity contribution in [2.45, 2.75) is 45.9 Å². The zero-order chi connectivity index (χ0) is 23.2. The largest absolute Gasteiger partial charge is 0.493 e. The van der Waals surface area contributed by atoms with Gasteiger partial charge in [-0.1, -0.05) is 24.3 Å².